The molecule has 0 spiro atoms. The van der Waals surface area contributed by atoms with Crippen LogP contribution in [-0.2, 0) is 30.0 Å². The van der Waals surface area contributed by atoms with E-state index >= 15 is 0 Å². The average Bonchev–Trinajstić information content (AvgIpc) is 4.12. The van der Waals surface area contributed by atoms with E-state index in [2.05, 4.69) is 65.2 Å². The van der Waals surface area contributed by atoms with Crippen LogP contribution in [0.2, 0.25) is 51.4 Å². The van der Waals surface area contributed by atoms with Gasteiger partial charge in [-0.25, -0.2) is 38.1 Å². The highest BCUT2D eigenvalue weighted by Crippen LogP contribution is 2.68. The van der Waals surface area contributed by atoms with Gasteiger partial charge in [-0.15, -0.1) is 0 Å². The molecule has 4 heterocycles. The Kier molecular flexibility index (Phi) is 17.1. The van der Waals surface area contributed by atoms with E-state index < -0.39 is 85.4 Å². The SMILES string of the molecule is CC(C)(C)OC(=O)N(COCC[Si](C)(C)C)C1=N[C@](C)(c2cc(Br)cnc2F)[C@@H]2C[C@]2(CF)S1.CC(C)(C)OC(=O)N(COCC[Si](C)(C)C)C1=N[C@](C)(c2cc(N)cnc2F)[C@@H]2C[C@]2(CF)S1. The third-order valence-electron chi connectivity index (χ3n) is 12.0. The average molecular weight is 1090 g/mol. The number of rotatable bonds is 14. The molecule has 0 aromatic carbocycles. The molecule has 2 saturated carbocycles. The Balaban J connectivity index is 0.000000254. The van der Waals surface area contributed by atoms with Gasteiger partial charge in [0.2, 0.25) is 11.9 Å². The van der Waals surface area contributed by atoms with Gasteiger partial charge < -0.3 is 24.7 Å². The Morgan fingerprint density at radius 2 is 1.12 bits per heavy atom. The molecular weight excluding hydrogens is 1020 g/mol. The molecule has 0 bridgehead atoms. The monoisotopic (exact) mass is 1090 g/mol. The predicted octanol–water partition coefficient (Wildman–Crippen LogP) is 12.0. The first-order chi connectivity index (χ1) is 31.2. The number of aliphatic imine (C=N–C) groups is 2. The van der Waals surface area contributed by atoms with Crippen LogP contribution in [0.3, 0.4) is 0 Å². The summed E-state index contributed by atoms with van der Waals surface area (Å²) in [5.41, 5.74) is 2.91. The quantitative estimate of drug-likeness (QED) is 0.0632. The van der Waals surface area contributed by atoms with E-state index in [9.17, 15) is 27.2 Å². The second-order valence-corrected chi connectivity index (χ2v) is 37.7. The Morgan fingerprint density at radius 1 is 0.735 bits per heavy atom. The number of hydrogen-bond donors (Lipinski definition) is 1. The number of anilines is 1. The number of hydrogen-bond acceptors (Lipinski definition) is 13. The number of nitrogens with zero attached hydrogens (tertiary/aromatic N) is 6. The van der Waals surface area contributed by atoms with Crippen molar-refractivity contribution in [3.63, 3.8) is 0 Å². The summed E-state index contributed by atoms with van der Waals surface area (Å²) < 4.78 is 80.3. The lowest BCUT2D eigenvalue weighted by molar-refractivity contribution is 0.00979. The number of amidine groups is 2. The number of aromatic nitrogens is 2. The second-order valence-electron chi connectivity index (χ2n) is 22.8. The van der Waals surface area contributed by atoms with E-state index in [1.54, 1.807) is 61.5 Å². The summed E-state index contributed by atoms with van der Waals surface area (Å²) in [5.74, 6) is -1.85. The Labute approximate surface area is 418 Å². The van der Waals surface area contributed by atoms with Crippen LogP contribution in [0.4, 0.5) is 32.8 Å². The Morgan fingerprint density at radius 3 is 1.49 bits per heavy atom. The molecule has 6 rings (SSSR count). The molecule has 2 aliphatic heterocycles. The molecule has 2 N–H and O–H groups in total. The van der Waals surface area contributed by atoms with Gasteiger partial charge in [0, 0.05) is 63.0 Å². The van der Waals surface area contributed by atoms with Crippen molar-refractivity contribution in [1.82, 2.24) is 19.8 Å². The van der Waals surface area contributed by atoms with Crippen molar-refractivity contribution in [3.05, 3.63) is 52.0 Å². The predicted molar refractivity (Wildman–Crippen MR) is 273 cm³/mol. The molecule has 68 heavy (non-hydrogen) atoms. The highest BCUT2D eigenvalue weighted by molar-refractivity contribution is 9.10. The zero-order valence-corrected chi connectivity index (χ0v) is 47.2. The van der Waals surface area contributed by atoms with Crippen molar-refractivity contribution in [1.29, 1.82) is 0 Å². The van der Waals surface area contributed by atoms with Crippen molar-refractivity contribution in [2.45, 2.75) is 151 Å². The van der Waals surface area contributed by atoms with Gasteiger partial charge in [-0.05, 0) is 108 Å². The number of nitrogens with two attached hydrogens (primary N) is 1. The highest BCUT2D eigenvalue weighted by Gasteiger charge is 2.69. The topological polar surface area (TPSA) is 154 Å². The zero-order valence-electron chi connectivity index (χ0n) is 42.0. The van der Waals surface area contributed by atoms with Gasteiger partial charge in [-0.2, -0.15) is 8.78 Å². The molecular formula is C46H70BrF4N7O6S2Si2. The number of carbonyl (C=O) groups is 2. The summed E-state index contributed by atoms with van der Waals surface area (Å²) in [6, 6.07) is 4.97. The molecule has 2 fully saturated rings. The van der Waals surface area contributed by atoms with Gasteiger partial charge in [0.05, 0.1) is 32.5 Å². The molecule has 22 heteroatoms. The van der Waals surface area contributed by atoms with E-state index in [1.807, 2.05) is 0 Å². The number of fused-ring (bicyclic) bond motifs is 2. The molecule has 0 unspecified atom stereocenters. The number of ether oxygens (including phenoxy) is 4. The van der Waals surface area contributed by atoms with E-state index in [0.717, 1.165) is 12.1 Å². The smallest absolute Gasteiger partial charge is 0.418 e. The van der Waals surface area contributed by atoms with Gasteiger partial charge in [0.15, 0.2) is 10.3 Å². The lowest BCUT2D eigenvalue weighted by atomic mass is 9.87. The standard InChI is InChI=1S/C23H34BrF2N3O3SSi.C23H36F2N4O3SSi/c1-21(2,3)32-20(30)29(14-31-8-9-34(5,6)7)19-28-22(4,17-11-23(17,13-25)33-19)16-10-15(24)12-27-18(16)26;1-21(2,3)32-20(30)29(14-31-8-9-34(5,6)7)19-28-22(4,17-11-23(17,13-24)33-19)16-10-15(26)12-27-18(16)25/h10,12,17H,8-9,11,13-14H2,1-7H3;10,12,17H,8-9,11,13-14,26H2,1-7H3/t2*17-,22+,23+/m00/s1. The van der Waals surface area contributed by atoms with Crippen LogP contribution < -0.4 is 5.73 Å². The minimum absolute atomic E-state index is 0.0758. The number of nitrogen functional groups attached to an aromatic ring is 1. The summed E-state index contributed by atoms with van der Waals surface area (Å²) >= 11 is 5.76. The van der Waals surface area contributed by atoms with Gasteiger partial charge in [0.1, 0.15) is 38.0 Å². The normalized spacial score (nSPS) is 26.5. The molecule has 0 saturated heterocycles. The molecule has 13 nitrogen and oxygen atoms in total. The zero-order chi connectivity index (χ0) is 51.1. The number of amides is 2. The Bertz CT molecular complexity index is 2090. The third-order valence-corrected chi connectivity index (χ3v) is 18.7. The first-order valence-electron chi connectivity index (χ1n) is 22.8. The van der Waals surface area contributed by atoms with Crippen molar-refractivity contribution >= 4 is 83.8 Å². The Hall–Kier alpha value is -2.77. The maximum atomic E-state index is 14.9. The number of thioether (sulfide) groups is 2. The molecule has 380 valence electrons. The maximum absolute atomic E-state index is 14.9. The number of alkyl halides is 2. The van der Waals surface area contributed by atoms with Crippen molar-refractivity contribution in [2.24, 2.45) is 21.8 Å². The van der Waals surface area contributed by atoms with Crippen molar-refractivity contribution < 1.29 is 46.1 Å². The van der Waals surface area contributed by atoms with Gasteiger partial charge >= 0.3 is 12.2 Å². The maximum Gasteiger partial charge on any atom is 0.418 e. The number of halogens is 5. The lowest BCUT2D eigenvalue weighted by Gasteiger charge is -2.37. The molecule has 6 atom stereocenters. The summed E-state index contributed by atoms with van der Waals surface area (Å²) in [6.45, 7) is 27.2. The number of carbonyl (C=O) groups excluding carboxylic acids is 2. The molecule has 4 aliphatic rings. The molecule has 2 amide bonds. The van der Waals surface area contributed by atoms with E-state index in [4.69, 9.17) is 34.7 Å². The fraction of sp³-hybridized carbons (Fsp3) is 0.696. The van der Waals surface area contributed by atoms with Gasteiger partial charge in [-0.3, -0.25) is 9.98 Å². The van der Waals surface area contributed by atoms with Gasteiger partial charge in [0.25, 0.3) is 0 Å². The summed E-state index contributed by atoms with van der Waals surface area (Å²) in [6.07, 6.45) is 2.34. The molecule has 2 aromatic heterocycles. The van der Waals surface area contributed by atoms with E-state index in [1.165, 1.54) is 51.8 Å². The molecule has 2 aromatic rings. The van der Waals surface area contributed by atoms with Crippen molar-refractivity contribution in [3.8, 4) is 0 Å². The molecule has 0 radical (unpaired) electrons. The summed E-state index contributed by atoms with van der Waals surface area (Å²) in [4.78, 5) is 46.2. The summed E-state index contributed by atoms with van der Waals surface area (Å²) in [5, 5.41) is 0.522. The highest BCUT2D eigenvalue weighted by atomic mass is 79.9. The van der Waals surface area contributed by atoms with Crippen LogP contribution in [0.1, 0.15) is 79.4 Å². The summed E-state index contributed by atoms with van der Waals surface area (Å²) in [7, 11) is -2.67. The van der Waals surface area contributed by atoms with Crippen LogP contribution in [0.5, 0.6) is 0 Å². The fourth-order valence-corrected chi connectivity index (χ4v) is 12.8. The lowest BCUT2D eigenvalue weighted by Crippen LogP contribution is -2.46. The minimum atomic E-state index is -1.34. The molecule has 2 aliphatic carbocycles. The van der Waals surface area contributed by atoms with Gasteiger partial charge in [-0.1, -0.05) is 62.8 Å². The first kappa shape index (κ1) is 56.2. The van der Waals surface area contributed by atoms with E-state index in [-0.39, 0.29) is 52.4 Å². The second kappa shape index (κ2) is 20.8. The van der Waals surface area contributed by atoms with E-state index in [0.29, 0.717) is 30.5 Å². The third kappa shape index (κ3) is 13.8. The fourth-order valence-electron chi connectivity index (χ4n) is 7.93. The van der Waals surface area contributed by atoms with Crippen LogP contribution >= 0.6 is 39.5 Å². The number of pyridine rings is 2. The first-order valence-corrected chi connectivity index (χ1v) is 32.6. The van der Waals surface area contributed by atoms with Crippen molar-refractivity contribution in [2.75, 3.05) is 45.8 Å². The van der Waals surface area contributed by atoms with Crippen LogP contribution in [0, 0.1) is 23.7 Å². The minimum Gasteiger partial charge on any atom is -0.443 e. The largest absolute Gasteiger partial charge is 0.443 e. The van der Waals surface area contributed by atoms with Crippen LogP contribution in [0.25, 0.3) is 0 Å². The van der Waals surface area contributed by atoms with Crippen LogP contribution in [0.15, 0.2) is 39.0 Å². The van der Waals surface area contributed by atoms with Crippen LogP contribution in [-0.4, -0.2) is 119 Å².